The summed E-state index contributed by atoms with van der Waals surface area (Å²) in [7, 11) is 0. The fraction of sp³-hybridized carbons (Fsp3) is 0.417. The standard InChI is InChI=1S/C12H13BrClN3/c13-7-1-4-9(10(14)5-7)11-6-16-12(15)17(11)8-2-3-8/h1,4-5,8,11H,2-3,6H2,(H2,15,16). The molecule has 0 bridgehead atoms. The van der Waals surface area contributed by atoms with Crippen molar-refractivity contribution in [1.29, 1.82) is 0 Å². The minimum absolute atomic E-state index is 0.211. The van der Waals surface area contributed by atoms with Gasteiger partial charge in [-0.25, -0.2) is 0 Å². The Morgan fingerprint density at radius 2 is 2.18 bits per heavy atom. The summed E-state index contributed by atoms with van der Waals surface area (Å²) in [6, 6.07) is 6.77. The number of benzene rings is 1. The van der Waals surface area contributed by atoms with E-state index in [1.807, 2.05) is 12.1 Å². The van der Waals surface area contributed by atoms with Crippen LogP contribution in [0.5, 0.6) is 0 Å². The van der Waals surface area contributed by atoms with Crippen molar-refractivity contribution >= 4 is 33.5 Å². The van der Waals surface area contributed by atoms with E-state index in [1.54, 1.807) is 0 Å². The van der Waals surface area contributed by atoms with Gasteiger partial charge in [0.05, 0.1) is 12.6 Å². The Labute approximate surface area is 114 Å². The topological polar surface area (TPSA) is 41.6 Å². The quantitative estimate of drug-likeness (QED) is 0.912. The minimum Gasteiger partial charge on any atom is -0.370 e. The van der Waals surface area contributed by atoms with Gasteiger partial charge in [-0.1, -0.05) is 33.6 Å². The Balaban J connectivity index is 1.93. The summed E-state index contributed by atoms with van der Waals surface area (Å²) in [5.41, 5.74) is 7.07. The van der Waals surface area contributed by atoms with Crippen molar-refractivity contribution in [2.45, 2.75) is 24.9 Å². The molecule has 1 aliphatic carbocycles. The molecule has 1 atom stereocenters. The molecule has 2 aliphatic rings. The summed E-state index contributed by atoms with van der Waals surface area (Å²) in [5.74, 6) is 0.663. The summed E-state index contributed by atoms with van der Waals surface area (Å²) in [5, 5.41) is 0.778. The van der Waals surface area contributed by atoms with Gasteiger partial charge >= 0.3 is 0 Å². The molecule has 1 heterocycles. The third kappa shape index (κ3) is 2.04. The number of nitrogens with zero attached hydrogens (tertiary/aromatic N) is 2. The minimum atomic E-state index is 0.211. The highest BCUT2D eigenvalue weighted by Crippen LogP contribution is 2.39. The van der Waals surface area contributed by atoms with E-state index in [0.29, 0.717) is 18.5 Å². The Morgan fingerprint density at radius 1 is 1.41 bits per heavy atom. The number of aliphatic imine (C=N–C) groups is 1. The first kappa shape index (κ1) is 11.4. The largest absolute Gasteiger partial charge is 0.370 e. The van der Waals surface area contributed by atoms with Gasteiger partial charge in [0.15, 0.2) is 5.96 Å². The van der Waals surface area contributed by atoms with Crippen LogP contribution in [-0.2, 0) is 0 Å². The van der Waals surface area contributed by atoms with Crippen LogP contribution in [0.4, 0.5) is 0 Å². The van der Waals surface area contributed by atoms with Crippen LogP contribution in [-0.4, -0.2) is 23.4 Å². The van der Waals surface area contributed by atoms with Gasteiger partial charge in [0.1, 0.15) is 0 Å². The zero-order chi connectivity index (χ0) is 12.0. The molecule has 90 valence electrons. The van der Waals surface area contributed by atoms with Crippen molar-refractivity contribution < 1.29 is 0 Å². The van der Waals surface area contributed by atoms with Crippen LogP contribution in [0.15, 0.2) is 27.7 Å². The molecule has 3 nitrogen and oxygen atoms in total. The maximum atomic E-state index is 6.30. The number of rotatable bonds is 2. The SMILES string of the molecule is NC1=NCC(c2ccc(Br)cc2Cl)N1C1CC1. The normalized spacial score (nSPS) is 24.0. The molecule has 1 unspecified atom stereocenters. The third-order valence-electron chi connectivity index (χ3n) is 3.29. The van der Waals surface area contributed by atoms with E-state index in [2.05, 4.69) is 31.9 Å². The molecule has 2 N–H and O–H groups in total. The average molecular weight is 315 g/mol. The molecule has 0 spiro atoms. The van der Waals surface area contributed by atoms with Gasteiger partial charge in [-0.3, -0.25) is 4.99 Å². The molecule has 0 aromatic heterocycles. The lowest BCUT2D eigenvalue weighted by Gasteiger charge is -2.27. The highest BCUT2D eigenvalue weighted by atomic mass is 79.9. The molecule has 0 saturated heterocycles. The van der Waals surface area contributed by atoms with E-state index in [9.17, 15) is 0 Å². The van der Waals surface area contributed by atoms with Gasteiger partial charge in [0.25, 0.3) is 0 Å². The predicted octanol–water partition coefficient (Wildman–Crippen LogP) is 2.94. The lowest BCUT2D eigenvalue weighted by molar-refractivity contribution is 0.338. The monoisotopic (exact) mass is 313 g/mol. The van der Waals surface area contributed by atoms with Crippen molar-refractivity contribution in [3.63, 3.8) is 0 Å². The van der Waals surface area contributed by atoms with Crippen molar-refractivity contribution in [2.75, 3.05) is 6.54 Å². The fourth-order valence-electron chi connectivity index (χ4n) is 2.32. The maximum absolute atomic E-state index is 6.30. The third-order valence-corrected chi connectivity index (χ3v) is 4.11. The van der Waals surface area contributed by atoms with Crippen LogP contribution in [0.2, 0.25) is 5.02 Å². The van der Waals surface area contributed by atoms with Gasteiger partial charge in [0.2, 0.25) is 0 Å². The number of nitrogens with two attached hydrogens (primary N) is 1. The van der Waals surface area contributed by atoms with E-state index < -0.39 is 0 Å². The molecule has 17 heavy (non-hydrogen) atoms. The summed E-state index contributed by atoms with van der Waals surface area (Å²) in [4.78, 5) is 6.57. The van der Waals surface area contributed by atoms with E-state index in [1.165, 1.54) is 12.8 Å². The van der Waals surface area contributed by atoms with Gasteiger partial charge < -0.3 is 10.6 Å². The van der Waals surface area contributed by atoms with Gasteiger partial charge in [-0.2, -0.15) is 0 Å². The molecule has 3 rings (SSSR count). The number of halogens is 2. The summed E-state index contributed by atoms with van der Waals surface area (Å²) < 4.78 is 0.996. The first-order chi connectivity index (χ1) is 8.16. The Bertz CT molecular complexity index is 485. The highest BCUT2D eigenvalue weighted by Gasteiger charge is 2.39. The second-order valence-corrected chi connectivity index (χ2v) is 5.84. The number of guanidine groups is 1. The van der Waals surface area contributed by atoms with Crippen molar-refractivity contribution in [3.05, 3.63) is 33.3 Å². The van der Waals surface area contributed by atoms with E-state index in [-0.39, 0.29) is 6.04 Å². The molecule has 1 aromatic carbocycles. The summed E-state index contributed by atoms with van der Waals surface area (Å²) in [6.07, 6.45) is 2.42. The Hall–Kier alpha value is -0.740. The van der Waals surface area contributed by atoms with Crippen molar-refractivity contribution in [3.8, 4) is 0 Å². The van der Waals surface area contributed by atoms with Crippen LogP contribution in [0.1, 0.15) is 24.4 Å². The first-order valence-electron chi connectivity index (χ1n) is 5.70. The summed E-state index contributed by atoms with van der Waals surface area (Å²) in [6.45, 7) is 0.712. The second kappa shape index (κ2) is 4.18. The zero-order valence-electron chi connectivity index (χ0n) is 9.24. The van der Waals surface area contributed by atoms with Crippen LogP contribution in [0.25, 0.3) is 0 Å². The molecule has 1 saturated carbocycles. The number of hydrogen-bond donors (Lipinski definition) is 1. The molecule has 5 heteroatoms. The first-order valence-corrected chi connectivity index (χ1v) is 6.87. The van der Waals surface area contributed by atoms with Crippen LogP contribution in [0, 0.1) is 0 Å². The van der Waals surface area contributed by atoms with Crippen LogP contribution in [0.3, 0.4) is 0 Å². The lowest BCUT2D eigenvalue weighted by Crippen LogP contribution is -2.37. The molecule has 1 fully saturated rings. The lowest BCUT2D eigenvalue weighted by atomic mass is 10.1. The van der Waals surface area contributed by atoms with Gasteiger partial charge in [0, 0.05) is 15.5 Å². The second-order valence-electron chi connectivity index (χ2n) is 4.52. The molecular weight excluding hydrogens is 302 g/mol. The van der Waals surface area contributed by atoms with E-state index in [0.717, 1.165) is 15.1 Å². The molecular formula is C12H13BrClN3. The molecule has 1 aromatic rings. The fourth-order valence-corrected chi connectivity index (χ4v) is 3.12. The van der Waals surface area contributed by atoms with E-state index >= 15 is 0 Å². The number of hydrogen-bond acceptors (Lipinski definition) is 3. The Kier molecular flexibility index (Phi) is 2.79. The van der Waals surface area contributed by atoms with Gasteiger partial charge in [-0.05, 0) is 30.5 Å². The zero-order valence-corrected chi connectivity index (χ0v) is 11.6. The van der Waals surface area contributed by atoms with Gasteiger partial charge in [-0.15, -0.1) is 0 Å². The highest BCUT2D eigenvalue weighted by molar-refractivity contribution is 9.10. The van der Waals surface area contributed by atoms with Crippen molar-refractivity contribution in [2.24, 2.45) is 10.7 Å². The van der Waals surface area contributed by atoms with E-state index in [4.69, 9.17) is 17.3 Å². The molecule has 0 amide bonds. The van der Waals surface area contributed by atoms with Crippen molar-refractivity contribution in [1.82, 2.24) is 4.90 Å². The molecule has 0 radical (unpaired) electrons. The average Bonchev–Trinajstić information content (AvgIpc) is 3.03. The Morgan fingerprint density at radius 3 is 2.82 bits per heavy atom. The smallest absolute Gasteiger partial charge is 0.192 e. The van der Waals surface area contributed by atoms with Crippen LogP contribution < -0.4 is 5.73 Å². The maximum Gasteiger partial charge on any atom is 0.192 e. The predicted molar refractivity (Wildman–Crippen MR) is 73.2 cm³/mol. The summed E-state index contributed by atoms with van der Waals surface area (Å²) >= 11 is 9.72. The molecule has 1 aliphatic heterocycles. The van der Waals surface area contributed by atoms with Crippen LogP contribution >= 0.6 is 27.5 Å².